The second-order valence-corrected chi connectivity index (χ2v) is 6.52. The molecule has 1 aliphatic carbocycles. The van der Waals surface area contributed by atoms with E-state index in [1.165, 1.54) is 38.5 Å². The molecule has 0 heterocycles. The molecule has 2 unspecified atom stereocenters. The molecule has 1 aromatic carbocycles. The van der Waals surface area contributed by atoms with Gasteiger partial charge in [0.25, 0.3) is 0 Å². The zero-order chi connectivity index (χ0) is 13.5. The molecule has 3 heteroatoms. The van der Waals surface area contributed by atoms with E-state index in [4.69, 9.17) is 0 Å². The van der Waals surface area contributed by atoms with Crippen LogP contribution in [0.25, 0.3) is 0 Å². The molecule has 1 N–H and O–H groups in total. The molecule has 0 aromatic heterocycles. The Labute approximate surface area is 120 Å². The largest absolute Gasteiger partial charge is 0.313 e. The van der Waals surface area contributed by atoms with E-state index in [9.17, 15) is 4.39 Å². The minimum absolute atomic E-state index is 0.0789. The first-order valence-electron chi connectivity index (χ1n) is 7.46. The number of rotatable bonds is 4. The van der Waals surface area contributed by atoms with Gasteiger partial charge in [-0.15, -0.1) is 11.8 Å². The number of hydrogen-bond acceptors (Lipinski definition) is 2. The van der Waals surface area contributed by atoms with Gasteiger partial charge >= 0.3 is 0 Å². The SMILES string of the molecule is CCNC1CCCCCCC1Sc1ccccc1F. The standard InChI is InChI=1S/C16H24FNS/c1-2-18-14-10-5-3-4-6-12-16(14)19-15-11-8-7-9-13(15)17/h7-9,11,14,16,18H,2-6,10,12H2,1H3. The summed E-state index contributed by atoms with van der Waals surface area (Å²) in [7, 11) is 0. The van der Waals surface area contributed by atoms with Crippen LogP contribution >= 0.6 is 11.8 Å². The third kappa shape index (κ3) is 4.50. The molecule has 1 nitrogen and oxygen atoms in total. The number of hydrogen-bond donors (Lipinski definition) is 1. The van der Waals surface area contributed by atoms with E-state index in [1.54, 1.807) is 23.9 Å². The van der Waals surface area contributed by atoms with Crippen LogP contribution in [0.3, 0.4) is 0 Å². The predicted molar refractivity (Wildman–Crippen MR) is 81.2 cm³/mol. The lowest BCUT2D eigenvalue weighted by Crippen LogP contribution is -2.38. The van der Waals surface area contributed by atoms with Crippen LogP contribution in [0.4, 0.5) is 4.39 Å². The van der Waals surface area contributed by atoms with Crippen LogP contribution in [0.5, 0.6) is 0 Å². The van der Waals surface area contributed by atoms with Gasteiger partial charge in [-0.3, -0.25) is 0 Å². The number of thioether (sulfide) groups is 1. The Kier molecular flexibility index (Phi) is 6.18. The Balaban J connectivity index is 2.06. The Hall–Kier alpha value is -0.540. The highest BCUT2D eigenvalue weighted by Gasteiger charge is 2.23. The van der Waals surface area contributed by atoms with Crippen molar-refractivity contribution in [3.63, 3.8) is 0 Å². The topological polar surface area (TPSA) is 12.0 Å². The van der Waals surface area contributed by atoms with Crippen LogP contribution in [-0.4, -0.2) is 17.8 Å². The van der Waals surface area contributed by atoms with Crippen molar-refractivity contribution in [3.05, 3.63) is 30.1 Å². The monoisotopic (exact) mass is 281 g/mol. The summed E-state index contributed by atoms with van der Waals surface area (Å²) in [5, 5.41) is 4.10. The molecule has 0 aliphatic heterocycles. The summed E-state index contributed by atoms with van der Waals surface area (Å²) in [6.45, 7) is 3.16. The van der Waals surface area contributed by atoms with E-state index in [0.29, 0.717) is 11.3 Å². The Morgan fingerprint density at radius 2 is 1.89 bits per heavy atom. The van der Waals surface area contributed by atoms with Crippen LogP contribution in [0, 0.1) is 5.82 Å². The molecule has 106 valence electrons. The van der Waals surface area contributed by atoms with Crippen molar-refractivity contribution < 1.29 is 4.39 Å². The van der Waals surface area contributed by atoms with Crippen molar-refractivity contribution in [2.75, 3.05) is 6.54 Å². The zero-order valence-electron chi connectivity index (χ0n) is 11.7. The first-order valence-corrected chi connectivity index (χ1v) is 8.33. The molecule has 1 saturated carbocycles. The molecule has 1 aromatic rings. The fourth-order valence-electron chi connectivity index (χ4n) is 2.79. The average Bonchev–Trinajstić information content (AvgIpc) is 2.39. The van der Waals surface area contributed by atoms with Crippen molar-refractivity contribution in [2.45, 2.75) is 61.6 Å². The van der Waals surface area contributed by atoms with E-state index >= 15 is 0 Å². The summed E-state index contributed by atoms with van der Waals surface area (Å²) in [4.78, 5) is 0.802. The van der Waals surface area contributed by atoms with E-state index < -0.39 is 0 Å². The van der Waals surface area contributed by atoms with Gasteiger partial charge in [-0.2, -0.15) is 0 Å². The van der Waals surface area contributed by atoms with Gasteiger partial charge in [0, 0.05) is 16.2 Å². The van der Waals surface area contributed by atoms with Crippen molar-refractivity contribution >= 4 is 11.8 Å². The van der Waals surface area contributed by atoms with Gasteiger partial charge < -0.3 is 5.32 Å². The fourth-order valence-corrected chi connectivity index (χ4v) is 4.14. The van der Waals surface area contributed by atoms with Gasteiger partial charge in [-0.25, -0.2) is 4.39 Å². The lowest BCUT2D eigenvalue weighted by molar-refractivity contribution is 0.406. The lowest BCUT2D eigenvalue weighted by atomic mass is 9.96. The minimum atomic E-state index is -0.0789. The molecule has 0 bridgehead atoms. The number of nitrogens with one attached hydrogen (secondary N) is 1. The van der Waals surface area contributed by atoms with Crippen LogP contribution in [0.2, 0.25) is 0 Å². The molecule has 1 aliphatic rings. The maximum absolute atomic E-state index is 13.8. The quantitative estimate of drug-likeness (QED) is 0.864. The molecule has 0 saturated heterocycles. The summed E-state index contributed by atoms with van der Waals surface area (Å²) < 4.78 is 13.8. The third-order valence-electron chi connectivity index (χ3n) is 3.78. The van der Waals surface area contributed by atoms with Crippen LogP contribution in [-0.2, 0) is 0 Å². The maximum atomic E-state index is 13.8. The normalized spacial score (nSPS) is 24.7. The summed E-state index contributed by atoms with van der Waals surface area (Å²) in [5.41, 5.74) is 0. The minimum Gasteiger partial charge on any atom is -0.313 e. The van der Waals surface area contributed by atoms with Crippen LogP contribution < -0.4 is 5.32 Å². The molecule has 1 fully saturated rings. The maximum Gasteiger partial charge on any atom is 0.136 e. The first-order chi connectivity index (χ1) is 9.31. The molecule has 2 rings (SSSR count). The van der Waals surface area contributed by atoms with Gasteiger partial charge in [0.1, 0.15) is 5.82 Å². The third-order valence-corrected chi connectivity index (χ3v) is 5.24. The summed E-state index contributed by atoms with van der Waals surface area (Å²) in [5.74, 6) is -0.0789. The van der Waals surface area contributed by atoms with Crippen molar-refractivity contribution in [2.24, 2.45) is 0 Å². The highest BCUT2D eigenvalue weighted by Crippen LogP contribution is 2.33. The van der Waals surface area contributed by atoms with Crippen LogP contribution in [0.15, 0.2) is 29.2 Å². The van der Waals surface area contributed by atoms with Crippen molar-refractivity contribution in [1.29, 1.82) is 0 Å². The lowest BCUT2D eigenvalue weighted by Gasteiger charge is -2.29. The first kappa shape index (κ1) is 14.9. The predicted octanol–water partition coefficient (Wildman–Crippen LogP) is 4.62. The van der Waals surface area contributed by atoms with E-state index in [-0.39, 0.29) is 5.82 Å². The van der Waals surface area contributed by atoms with E-state index in [2.05, 4.69) is 12.2 Å². The molecule has 0 spiro atoms. The van der Waals surface area contributed by atoms with E-state index in [1.807, 2.05) is 12.1 Å². The zero-order valence-corrected chi connectivity index (χ0v) is 12.5. The smallest absolute Gasteiger partial charge is 0.136 e. The van der Waals surface area contributed by atoms with Crippen LogP contribution in [0.1, 0.15) is 45.4 Å². The highest BCUT2D eigenvalue weighted by atomic mass is 32.2. The Morgan fingerprint density at radius 3 is 2.63 bits per heavy atom. The molecule has 2 atom stereocenters. The number of halogens is 1. The average molecular weight is 281 g/mol. The highest BCUT2D eigenvalue weighted by molar-refractivity contribution is 8.00. The van der Waals surface area contributed by atoms with Crippen molar-refractivity contribution in [3.8, 4) is 0 Å². The van der Waals surface area contributed by atoms with Crippen molar-refractivity contribution in [1.82, 2.24) is 5.32 Å². The Bertz CT molecular complexity index is 383. The molecular weight excluding hydrogens is 257 g/mol. The van der Waals surface area contributed by atoms with Gasteiger partial charge in [-0.05, 0) is 31.5 Å². The van der Waals surface area contributed by atoms with Gasteiger partial charge in [0.2, 0.25) is 0 Å². The van der Waals surface area contributed by atoms with Gasteiger partial charge in [0.15, 0.2) is 0 Å². The Morgan fingerprint density at radius 1 is 1.16 bits per heavy atom. The van der Waals surface area contributed by atoms with E-state index in [0.717, 1.165) is 11.4 Å². The summed E-state index contributed by atoms with van der Waals surface area (Å²) in [6, 6.07) is 7.68. The molecule has 19 heavy (non-hydrogen) atoms. The summed E-state index contributed by atoms with van der Waals surface area (Å²) in [6.07, 6.45) is 7.66. The fraction of sp³-hybridized carbons (Fsp3) is 0.625. The summed E-state index contributed by atoms with van der Waals surface area (Å²) >= 11 is 1.72. The van der Waals surface area contributed by atoms with Gasteiger partial charge in [-0.1, -0.05) is 44.7 Å². The second kappa shape index (κ2) is 7.91. The number of benzene rings is 1. The molecular formula is C16H24FNS. The van der Waals surface area contributed by atoms with Gasteiger partial charge in [0.05, 0.1) is 0 Å². The second-order valence-electron chi connectivity index (χ2n) is 5.24. The molecule has 0 amide bonds. The molecule has 0 radical (unpaired) electrons.